The fourth-order valence-corrected chi connectivity index (χ4v) is 0.211. The standard InChI is InChI=1S/C5H12BN/c1-5-6(2)7(3)4/h5H,1H2,2-4H3. The highest BCUT2D eigenvalue weighted by Gasteiger charge is 2.00. The molecule has 0 aromatic heterocycles. The highest BCUT2D eigenvalue weighted by atomic mass is 15.0. The molecule has 0 saturated carbocycles. The predicted molar refractivity (Wildman–Crippen MR) is 35.5 cm³/mol. The summed E-state index contributed by atoms with van der Waals surface area (Å²) in [5, 5.41) is 0. The summed E-state index contributed by atoms with van der Waals surface area (Å²) < 4.78 is 0. The Balaban J connectivity index is 3.33. The van der Waals surface area contributed by atoms with Gasteiger partial charge in [0, 0.05) is 0 Å². The number of hydrogen-bond donors (Lipinski definition) is 0. The molecule has 7 heavy (non-hydrogen) atoms. The SMILES string of the molecule is C=CB(C)N(C)C. The normalized spacial score (nSPS) is 9.14. The van der Waals surface area contributed by atoms with E-state index in [1.807, 2.05) is 20.1 Å². The average Bonchev–Trinajstić information content (AvgIpc) is 1.65. The molecule has 0 N–H and O–H groups in total. The van der Waals surface area contributed by atoms with Crippen LogP contribution < -0.4 is 0 Å². The number of nitrogens with zero attached hydrogens (tertiary/aromatic N) is 1. The van der Waals surface area contributed by atoms with Crippen molar-refractivity contribution >= 4 is 6.85 Å². The highest BCUT2D eigenvalue weighted by molar-refractivity contribution is 6.59. The van der Waals surface area contributed by atoms with Crippen molar-refractivity contribution in [3.8, 4) is 0 Å². The van der Waals surface area contributed by atoms with Crippen LogP contribution in [-0.2, 0) is 0 Å². The van der Waals surface area contributed by atoms with Gasteiger partial charge in [0.1, 0.15) is 0 Å². The maximum absolute atomic E-state index is 3.64. The topological polar surface area (TPSA) is 3.24 Å². The van der Waals surface area contributed by atoms with Crippen molar-refractivity contribution in [1.29, 1.82) is 0 Å². The molecule has 0 fully saturated rings. The largest absolute Gasteiger partial charge is 0.344 e. The van der Waals surface area contributed by atoms with E-state index in [1.165, 1.54) is 0 Å². The Hall–Kier alpha value is -0.235. The summed E-state index contributed by atoms with van der Waals surface area (Å²) in [5.41, 5.74) is 0. The minimum atomic E-state index is 0.500. The van der Waals surface area contributed by atoms with Crippen LogP contribution in [0.25, 0.3) is 0 Å². The van der Waals surface area contributed by atoms with Gasteiger partial charge >= 0.3 is 0 Å². The Labute approximate surface area is 46.1 Å². The Kier molecular flexibility index (Phi) is 2.76. The first-order valence-electron chi connectivity index (χ1n) is 2.47. The molecule has 1 nitrogen and oxygen atoms in total. The van der Waals surface area contributed by atoms with Crippen molar-refractivity contribution in [2.45, 2.75) is 6.82 Å². The van der Waals surface area contributed by atoms with Gasteiger partial charge in [-0.05, 0) is 14.1 Å². The Morgan fingerprint density at radius 3 is 2.00 bits per heavy atom. The molecule has 0 aliphatic carbocycles. The third-order valence-electron chi connectivity index (χ3n) is 1.16. The second-order valence-corrected chi connectivity index (χ2v) is 1.94. The quantitative estimate of drug-likeness (QED) is 0.462. The summed E-state index contributed by atoms with van der Waals surface area (Å²) in [7, 11) is 4.07. The molecule has 0 bridgehead atoms. The summed E-state index contributed by atoms with van der Waals surface area (Å²) in [5.74, 6) is 1.92. The maximum Gasteiger partial charge on any atom is 0.245 e. The Morgan fingerprint density at radius 1 is 1.57 bits per heavy atom. The van der Waals surface area contributed by atoms with Gasteiger partial charge < -0.3 is 4.81 Å². The van der Waals surface area contributed by atoms with Gasteiger partial charge in [0.05, 0.1) is 0 Å². The first-order chi connectivity index (χ1) is 3.18. The Morgan fingerprint density at radius 2 is 2.00 bits per heavy atom. The van der Waals surface area contributed by atoms with Gasteiger partial charge in [-0.25, -0.2) is 0 Å². The van der Waals surface area contributed by atoms with E-state index in [9.17, 15) is 0 Å². The van der Waals surface area contributed by atoms with Crippen molar-refractivity contribution < 1.29 is 0 Å². The minimum Gasteiger partial charge on any atom is -0.344 e. The molecular weight excluding hydrogens is 84.9 g/mol. The lowest BCUT2D eigenvalue weighted by Crippen LogP contribution is -2.26. The maximum atomic E-state index is 3.64. The second kappa shape index (κ2) is 2.86. The molecule has 0 aromatic carbocycles. The van der Waals surface area contributed by atoms with Crippen molar-refractivity contribution in [3.05, 3.63) is 12.6 Å². The molecule has 0 aliphatic rings. The van der Waals surface area contributed by atoms with Crippen LogP contribution in [-0.4, -0.2) is 25.8 Å². The van der Waals surface area contributed by atoms with Crippen molar-refractivity contribution in [1.82, 2.24) is 4.81 Å². The van der Waals surface area contributed by atoms with E-state index in [1.54, 1.807) is 0 Å². The zero-order valence-corrected chi connectivity index (χ0v) is 5.31. The van der Waals surface area contributed by atoms with Gasteiger partial charge in [-0.1, -0.05) is 6.82 Å². The van der Waals surface area contributed by atoms with E-state index in [2.05, 4.69) is 18.2 Å². The van der Waals surface area contributed by atoms with Crippen LogP contribution in [0, 0.1) is 0 Å². The minimum absolute atomic E-state index is 0.500. The summed E-state index contributed by atoms with van der Waals surface area (Å²) in [6, 6.07) is 0. The fourth-order valence-electron chi connectivity index (χ4n) is 0.211. The Bertz CT molecular complexity index is 61.1. The number of rotatable bonds is 2. The van der Waals surface area contributed by atoms with Crippen LogP contribution in [0.3, 0.4) is 0 Å². The molecule has 40 valence electrons. The van der Waals surface area contributed by atoms with Gasteiger partial charge in [0.25, 0.3) is 0 Å². The van der Waals surface area contributed by atoms with Crippen LogP contribution in [0.4, 0.5) is 0 Å². The molecule has 2 heteroatoms. The lowest BCUT2D eigenvalue weighted by molar-refractivity contribution is 0.652. The molecular formula is C5H12BN. The molecule has 0 saturated heterocycles. The molecule has 0 unspecified atom stereocenters. The smallest absolute Gasteiger partial charge is 0.245 e. The highest BCUT2D eigenvalue weighted by Crippen LogP contribution is 1.83. The van der Waals surface area contributed by atoms with E-state index >= 15 is 0 Å². The van der Waals surface area contributed by atoms with E-state index in [0.717, 1.165) is 0 Å². The summed E-state index contributed by atoms with van der Waals surface area (Å²) in [4.78, 5) is 2.10. The van der Waals surface area contributed by atoms with Crippen molar-refractivity contribution in [3.63, 3.8) is 0 Å². The molecule has 0 spiro atoms. The van der Waals surface area contributed by atoms with Gasteiger partial charge in [0.15, 0.2) is 0 Å². The second-order valence-electron chi connectivity index (χ2n) is 1.94. The zero-order chi connectivity index (χ0) is 5.86. The molecule has 0 aliphatic heterocycles. The average molecular weight is 97.0 g/mol. The molecule has 0 heterocycles. The van der Waals surface area contributed by atoms with Gasteiger partial charge in [-0.2, -0.15) is 0 Å². The van der Waals surface area contributed by atoms with Crippen molar-refractivity contribution in [2.24, 2.45) is 0 Å². The van der Waals surface area contributed by atoms with Gasteiger partial charge in [-0.3, -0.25) is 0 Å². The van der Waals surface area contributed by atoms with Crippen LogP contribution in [0.1, 0.15) is 0 Å². The molecule has 0 atom stereocenters. The number of hydrogen-bond acceptors (Lipinski definition) is 1. The van der Waals surface area contributed by atoms with Gasteiger partial charge in [0.2, 0.25) is 6.85 Å². The van der Waals surface area contributed by atoms with E-state index in [4.69, 9.17) is 0 Å². The van der Waals surface area contributed by atoms with Crippen LogP contribution in [0.2, 0.25) is 6.82 Å². The molecule has 0 aromatic rings. The van der Waals surface area contributed by atoms with Crippen molar-refractivity contribution in [2.75, 3.05) is 14.1 Å². The first kappa shape index (κ1) is 6.76. The lowest BCUT2D eigenvalue weighted by atomic mass is 9.64. The van der Waals surface area contributed by atoms with Crippen LogP contribution in [0.5, 0.6) is 0 Å². The van der Waals surface area contributed by atoms with E-state index < -0.39 is 0 Å². The summed E-state index contributed by atoms with van der Waals surface area (Å²) in [6.45, 7) is 6.24. The molecule has 0 amide bonds. The third-order valence-corrected chi connectivity index (χ3v) is 1.16. The van der Waals surface area contributed by atoms with E-state index in [0.29, 0.717) is 6.85 Å². The predicted octanol–water partition coefficient (Wildman–Crippen LogP) is 0.894. The zero-order valence-electron chi connectivity index (χ0n) is 5.31. The first-order valence-corrected chi connectivity index (χ1v) is 2.47. The third kappa shape index (κ3) is 2.46. The molecule has 0 rings (SSSR count). The van der Waals surface area contributed by atoms with Crippen LogP contribution >= 0.6 is 0 Å². The summed E-state index contributed by atoms with van der Waals surface area (Å²) in [6.07, 6.45) is 0. The fraction of sp³-hybridized carbons (Fsp3) is 0.600. The monoisotopic (exact) mass is 97.1 g/mol. The lowest BCUT2D eigenvalue weighted by Gasteiger charge is -2.09. The van der Waals surface area contributed by atoms with Crippen LogP contribution in [0.15, 0.2) is 12.6 Å². The van der Waals surface area contributed by atoms with Gasteiger partial charge in [-0.15, -0.1) is 12.6 Å². The molecule has 0 radical (unpaired) electrons. The summed E-state index contributed by atoms with van der Waals surface area (Å²) >= 11 is 0. The van der Waals surface area contributed by atoms with E-state index in [-0.39, 0.29) is 0 Å².